The van der Waals surface area contributed by atoms with E-state index >= 15 is 0 Å². The van der Waals surface area contributed by atoms with Crippen LogP contribution < -0.4 is 14.8 Å². The number of halogens is 1. The van der Waals surface area contributed by atoms with Crippen LogP contribution in [0.15, 0.2) is 65.6 Å². The van der Waals surface area contributed by atoms with Crippen molar-refractivity contribution in [1.82, 2.24) is 4.90 Å². The quantitative estimate of drug-likeness (QED) is 0.195. The summed E-state index contributed by atoms with van der Waals surface area (Å²) in [6.45, 7) is 1.43. The van der Waals surface area contributed by atoms with Crippen LogP contribution in [0, 0.1) is 17.0 Å². The molecule has 0 unspecified atom stereocenters. The zero-order valence-corrected chi connectivity index (χ0v) is 22.4. The Hall–Kier alpha value is -4.35. The van der Waals surface area contributed by atoms with Crippen molar-refractivity contribution in [3.63, 3.8) is 0 Å². The molecule has 3 aromatic rings. The molecule has 0 aliphatic carbocycles. The number of carbonyl (C=O) groups excluding carboxylic acids is 3. The number of nitrogens with one attached hydrogen (secondary N) is 1. The standard InChI is InChI=1S/C27H22ClN3O7S/c1-16-6-8-19(28)13-21(16)29-25(32)14-30-26(33)24(39-27(30)34)12-17-7-9-22(23(11-17)37-2)38-15-18-4-3-5-20(10-18)31(35)36/h3-13H,14-15H2,1-2H3,(H,29,32)/b24-12+. The Labute approximate surface area is 232 Å². The highest BCUT2D eigenvalue weighted by atomic mass is 35.5. The van der Waals surface area contributed by atoms with Crippen molar-refractivity contribution >= 4 is 57.9 Å². The number of hydrogen-bond donors (Lipinski definition) is 1. The van der Waals surface area contributed by atoms with Gasteiger partial charge in [-0.15, -0.1) is 0 Å². The smallest absolute Gasteiger partial charge is 0.294 e. The monoisotopic (exact) mass is 567 g/mol. The molecule has 39 heavy (non-hydrogen) atoms. The fourth-order valence-electron chi connectivity index (χ4n) is 3.66. The first kappa shape index (κ1) is 27.7. The molecule has 1 fully saturated rings. The average Bonchev–Trinajstić information content (AvgIpc) is 3.17. The molecule has 0 saturated carbocycles. The maximum atomic E-state index is 12.9. The molecule has 1 aliphatic rings. The molecule has 3 aromatic carbocycles. The van der Waals surface area contributed by atoms with Crippen molar-refractivity contribution in [3.05, 3.63) is 97.4 Å². The van der Waals surface area contributed by atoms with Gasteiger partial charge in [-0.1, -0.05) is 35.9 Å². The maximum absolute atomic E-state index is 12.9. The van der Waals surface area contributed by atoms with Gasteiger partial charge in [0.1, 0.15) is 13.2 Å². The molecule has 12 heteroatoms. The predicted octanol–water partition coefficient (Wildman–Crippen LogP) is 5.82. The minimum absolute atomic E-state index is 0.0376. The van der Waals surface area contributed by atoms with E-state index in [1.807, 2.05) is 0 Å². The van der Waals surface area contributed by atoms with Gasteiger partial charge in [-0.2, -0.15) is 0 Å². The van der Waals surface area contributed by atoms with Gasteiger partial charge in [-0.25, -0.2) is 0 Å². The molecule has 3 amide bonds. The molecule has 0 spiro atoms. The largest absolute Gasteiger partial charge is 0.493 e. The molecule has 1 aliphatic heterocycles. The lowest BCUT2D eigenvalue weighted by atomic mass is 10.1. The first-order valence-electron chi connectivity index (χ1n) is 11.5. The lowest BCUT2D eigenvalue weighted by Crippen LogP contribution is -2.36. The van der Waals surface area contributed by atoms with E-state index in [-0.39, 0.29) is 17.2 Å². The summed E-state index contributed by atoms with van der Waals surface area (Å²) in [5, 5.41) is 13.5. The summed E-state index contributed by atoms with van der Waals surface area (Å²) in [7, 11) is 1.45. The second kappa shape index (κ2) is 12.0. The van der Waals surface area contributed by atoms with Gasteiger partial charge in [-0.3, -0.25) is 29.4 Å². The molecular formula is C27H22ClN3O7S. The number of rotatable bonds is 9. The third-order valence-corrected chi connectivity index (χ3v) is 6.79. The van der Waals surface area contributed by atoms with Crippen LogP contribution >= 0.6 is 23.4 Å². The highest BCUT2D eigenvalue weighted by Crippen LogP contribution is 2.35. The van der Waals surface area contributed by atoms with Crippen molar-refractivity contribution in [1.29, 1.82) is 0 Å². The van der Waals surface area contributed by atoms with Crippen LogP contribution in [0.5, 0.6) is 11.5 Å². The summed E-state index contributed by atoms with van der Waals surface area (Å²) in [5.74, 6) is -0.365. The van der Waals surface area contributed by atoms with Crippen LogP contribution in [0.25, 0.3) is 6.08 Å². The van der Waals surface area contributed by atoms with E-state index in [1.165, 1.54) is 25.3 Å². The van der Waals surface area contributed by atoms with E-state index in [4.69, 9.17) is 21.1 Å². The Morgan fingerprint density at radius 3 is 2.67 bits per heavy atom. The Morgan fingerprint density at radius 2 is 1.92 bits per heavy atom. The highest BCUT2D eigenvalue weighted by molar-refractivity contribution is 8.18. The van der Waals surface area contributed by atoms with Crippen LogP contribution in [0.2, 0.25) is 5.02 Å². The van der Waals surface area contributed by atoms with E-state index in [0.29, 0.717) is 33.3 Å². The molecule has 0 radical (unpaired) electrons. The summed E-state index contributed by atoms with van der Waals surface area (Å²) in [6, 6.07) is 16.1. The number of methoxy groups -OCH3 is 1. The Morgan fingerprint density at radius 1 is 1.13 bits per heavy atom. The van der Waals surface area contributed by atoms with Gasteiger partial charge < -0.3 is 14.8 Å². The fourth-order valence-corrected chi connectivity index (χ4v) is 4.67. The van der Waals surface area contributed by atoms with Crippen LogP contribution in [-0.4, -0.2) is 40.5 Å². The lowest BCUT2D eigenvalue weighted by Gasteiger charge is -2.14. The van der Waals surface area contributed by atoms with E-state index in [0.717, 1.165) is 22.2 Å². The second-order valence-electron chi connectivity index (χ2n) is 8.40. The molecule has 4 rings (SSSR count). The number of benzene rings is 3. The number of non-ortho nitro benzene ring substituents is 1. The van der Waals surface area contributed by atoms with E-state index in [1.54, 1.807) is 55.5 Å². The van der Waals surface area contributed by atoms with Crippen LogP contribution in [0.4, 0.5) is 16.2 Å². The van der Waals surface area contributed by atoms with Crippen molar-refractivity contribution < 1.29 is 28.8 Å². The molecule has 1 N–H and O–H groups in total. The Bertz CT molecular complexity index is 1510. The zero-order valence-electron chi connectivity index (χ0n) is 20.8. The lowest BCUT2D eigenvalue weighted by molar-refractivity contribution is -0.384. The van der Waals surface area contributed by atoms with Gasteiger partial charge in [0.25, 0.3) is 16.8 Å². The number of anilines is 1. The Kier molecular flexibility index (Phi) is 8.52. The first-order valence-corrected chi connectivity index (χ1v) is 12.7. The van der Waals surface area contributed by atoms with Gasteiger partial charge in [0.2, 0.25) is 5.91 Å². The number of aryl methyl sites for hydroxylation is 1. The second-order valence-corrected chi connectivity index (χ2v) is 9.83. The topological polar surface area (TPSA) is 128 Å². The molecule has 0 aromatic heterocycles. The minimum atomic E-state index is -0.590. The molecule has 1 heterocycles. The van der Waals surface area contributed by atoms with Crippen molar-refractivity contribution in [3.8, 4) is 11.5 Å². The third kappa shape index (κ3) is 6.75. The first-order chi connectivity index (χ1) is 18.6. The van der Waals surface area contributed by atoms with Crippen molar-refractivity contribution in [2.45, 2.75) is 13.5 Å². The molecular weight excluding hydrogens is 546 g/mol. The zero-order chi connectivity index (χ0) is 28.1. The number of nitro groups is 1. The average molecular weight is 568 g/mol. The summed E-state index contributed by atoms with van der Waals surface area (Å²) in [6.07, 6.45) is 1.52. The summed E-state index contributed by atoms with van der Waals surface area (Å²) >= 11 is 6.72. The van der Waals surface area contributed by atoms with Gasteiger partial charge in [0.15, 0.2) is 11.5 Å². The van der Waals surface area contributed by atoms with Crippen LogP contribution in [0.3, 0.4) is 0 Å². The summed E-state index contributed by atoms with van der Waals surface area (Å²) in [5.41, 5.74) is 2.42. The van der Waals surface area contributed by atoms with Crippen molar-refractivity contribution in [2.24, 2.45) is 0 Å². The van der Waals surface area contributed by atoms with E-state index in [9.17, 15) is 24.5 Å². The highest BCUT2D eigenvalue weighted by Gasteiger charge is 2.36. The minimum Gasteiger partial charge on any atom is -0.493 e. The molecule has 0 bridgehead atoms. The maximum Gasteiger partial charge on any atom is 0.294 e. The third-order valence-electron chi connectivity index (χ3n) is 5.65. The molecule has 10 nitrogen and oxygen atoms in total. The number of thioether (sulfide) groups is 1. The molecule has 0 atom stereocenters. The SMILES string of the molecule is COc1cc(/C=C2/SC(=O)N(CC(=O)Nc3cc(Cl)ccc3C)C2=O)ccc1OCc1cccc([N+](=O)[O-])c1. The molecule has 200 valence electrons. The normalized spacial score (nSPS) is 14.0. The van der Waals surface area contributed by atoms with Gasteiger partial charge >= 0.3 is 0 Å². The predicted molar refractivity (Wildman–Crippen MR) is 148 cm³/mol. The van der Waals surface area contributed by atoms with E-state index < -0.39 is 28.5 Å². The summed E-state index contributed by atoms with van der Waals surface area (Å²) in [4.78, 5) is 49.5. The van der Waals surface area contributed by atoms with Gasteiger partial charge in [0, 0.05) is 22.8 Å². The number of nitrogens with zero attached hydrogens (tertiary/aromatic N) is 2. The number of ether oxygens (including phenoxy) is 2. The number of nitro benzene ring substituents is 1. The Balaban J connectivity index is 1.43. The summed E-state index contributed by atoms with van der Waals surface area (Å²) < 4.78 is 11.2. The number of imide groups is 1. The van der Waals surface area contributed by atoms with Crippen LogP contribution in [0.1, 0.15) is 16.7 Å². The van der Waals surface area contributed by atoms with Gasteiger partial charge in [-0.05, 0) is 65.7 Å². The number of hydrogen-bond acceptors (Lipinski definition) is 8. The van der Waals surface area contributed by atoms with Crippen molar-refractivity contribution in [2.75, 3.05) is 19.0 Å². The van der Waals surface area contributed by atoms with Crippen LogP contribution in [-0.2, 0) is 16.2 Å². The number of amides is 3. The number of carbonyl (C=O) groups is 3. The molecule has 1 saturated heterocycles. The van der Waals surface area contributed by atoms with E-state index in [2.05, 4.69) is 5.32 Å². The van der Waals surface area contributed by atoms with Gasteiger partial charge in [0.05, 0.1) is 16.9 Å². The fraction of sp³-hybridized carbons (Fsp3) is 0.148.